The minimum atomic E-state index is -3.15. The number of halogens is 2. The van der Waals surface area contributed by atoms with E-state index in [0.717, 1.165) is 35.9 Å². The lowest BCUT2D eigenvalue weighted by Crippen LogP contribution is -2.39. The summed E-state index contributed by atoms with van der Waals surface area (Å²) in [6.45, 7) is 1.48. The third-order valence-electron chi connectivity index (χ3n) is 3.90. The number of hydrogen-bond acceptors (Lipinski definition) is 3. The highest BCUT2D eigenvalue weighted by Crippen LogP contribution is 2.11. The van der Waals surface area contributed by atoms with Gasteiger partial charge in [0.1, 0.15) is 0 Å². The van der Waals surface area contributed by atoms with E-state index in [2.05, 4.69) is 15.6 Å². The van der Waals surface area contributed by atoms with Crippen molar-refractivity contribution < 1.29 is 8.42 Å². The van der Waals surface area contributed by atoms with E-state index >= 15 is 0 Å². The number of rotatable bonds is 7. The lowest BCUT2D eigenvalue weighted by atomic mass is 10.1. The number of sulfone groups is 1. The summed E-state index contributed by atoms with van der Waals surface area (Å²) in [4.78, 5) is 4.55. The molecular weight excluding hydrogens is 497 g/mol. The molecule has 8 heteroatoms. The van der Waals surface area contributed by atoms with Gasteiger partial charge in [0.15, 0.2) is 15.8 Å². The molecule has 2 aromatic rings. The van der Waals surface area contributed by atoms with Crippen LogP contribution in [0.5, 0.6) is 0 Å². The van der Waals surface area contributed by atoms with Crippen molar-refractivity contribution in [1.82, 2.24) is 10.6 Å². The normalized spacial score (nSPS) is 11.6. The van der Waals surface area contributed by atoms with E-state index in [0.29, 0.717) is 11.4 Å². The molecule has 2 N–H and O–H groups in total. The van der Waals surface area contributed by atoms with Crippen LogP contribution >= 0.6 is 35.6 Å². The van der Waals surface area contributed by atoms with Gasteiger partial charge in [-0.05, 0) is 48.2 Å². The Labute approximate surface area is 183 Å². The maximum absolute atomic E-state index is 11.5. The molecule has 2 rings (SSSR count). The Morgan fingerprint density at radius 3 is 1.78 bits per heavy atom. The summed E-state index contributed by atoms with van der Waals surface area (Å²) < 4.78 is 22.9. The van der Waals surface area contributed by atoms with Crippen molar-refractivity contribution in [2.75, 3.05) is 26.4 Å². The van der Waals surface area contributed by atoms with Gasteiger partial charge in [0.05, 0.1) is 4.90 Å². The molecule has 0 unspecified atom stereocenters. The third-order valence-corrected chi connectivity index (χ3v) is 5.28. The zero-order valence-electron chi connectivity index (χ0n) is 15.4. The number of nitrogens with zero attached hydrogens (tertiary/aromatic N) is 1. The second-order valence-corrected chi connectivity index (χ2v) is 8.42. The number of hydrogen-bond donors (Lipinski definition) is 2. The Morgan fingerprint density at radius 1 is 0.926 bits per heavy atom. The van der Waals surface area contributed by atoms with Gasteiger partial charge < -0.3 is 10.6 Å². The average Bonchev–Trinajstić information content (AvgIpc) is 2.61. The van der Waals surface area contributed by atoms with Crippen LogP contribution in [0, 0.1) is 0 Å². The molecule has 0 saturated carbocycles. The summed E-state index contributed by atoms with van der Waals surface area (Å²) in [5.41, 5.74) is 2.28. The van der Waals surface area contributed by atoms with Crippen LogP contribution in [0.3, 0.4) is 0 Å². The first-order valence-electron chi connectivity index (χ1n) is 8.36. The summed E-state index contributed by atoms with van der Waals surface area (Å²) in [6.07, 6.45) is 2.87. The molecule has 0 bridgehead atoms. The summed E-state index contributed by atoms with van der Waals surface area (Å²) in [7, 11) is -1.41. The van der Waals surface area contributed by atoms with E-state index < -0.39 is 9.84 Å². The van der Waals surface area contributed by atoms with Gasteiger partial charge in [-0.1, -0.05) is 35.9 Å². The molecule has 0 spiro atoms. The molecule has 0 amide bonds. The molecule has 0 atom stereocenters. The van der Waals surface area contributed by atoms with Crippen LogP contribution in [0.2, 0.25) is 5.02 Å². The quantitative estimate of drug-likeness (QED) is 0.333. The monoisotopic (exact) mass is 521 g/mol. The second kappa shape index (κ2) is 11.5. The number of guanidine groups is 1. The SMILES string of the molecule is CN=C(NCCc1ccc(Cl)cc1)NCCc1ccc(S(C)(=O)=O)cc1.I. The Morgan fingerprint density at radius 2 is 1.37 bits per heavy atom. The van der Waals surface area contributed by atoms with E-state index in [-0.39, 0.29) is 24.0 Å². The predicted octanol–water partition coefficient (Wildman–Crippen LogP) is 3.31. The molecule has 0 aliphatic rings. The largest absolute Gasteiger partial charge is 0.356 e. The standard InChI is InChI=1S/C19H24ClN3O2S.HI/c1-21-19(22-13-11-15-3-7-17(20)8-4-15)23-14-12-16-5-9-18(10-6-16)26(2,24)25;/h3-10H,11-14H2,1-2H3,(H2,21,22,23);1H. The lowest BCUT2D eigenvalue weighted by Gasteiger charge is -2.12. The summed E-state index contributed by atoms with van der Waals surface area (Å²) in [5.74, 6) is 0.742. The third kappa shape index (κ3) is 8.49. The van der Waals surface area contributed by atoms with Gasteiger partial charge in [-0.2, -0.15) is 0 Å². The van der Waals surface area contributed by atoms with Gasteiger partial charge in [-0.25, -0.2) is 8.42 Å². The fraction of sp³-hybridized carbons (Fsp3) is 0.316. The molecule has 5 nitrogen and oxygen atoms in total. The van der Waals surface area contributed by atoms with Crippen LogP contribution in [0.1, 0.15) is 11.1 Å². The molecular formula is C19H25ClIN3O2S. The molecule has 27 heavy (non-hydrogen) atoms. The van der Waals surface area contributed by atoms with Gasteiger partial charge in [0, 0.05) is 31.4 Å². The molecule has 2 aromatic carbocycles. The second-order valence-electron chi connectivity index (χ2n) is 5.97. The molecule has 0 fully saturated rings. The van der Waals surface area contributed by atoms with Crippen LogP contribution in [-0.4, -0.2) is 40.8 Å². The summed E-state index contributed by atoms with van der Waals surface area (Å²) in [5, 5.41) is 7.27. The molecule has 148 valence electrons. The Bertz CT molecular complexity index is 838. The molecule has 0 saturated heterocycles. The highest BCUT2D eigenvalue weighted by molar-refractivity contribution is 14.0. The number of benzene rings is 2. The number of aliphatic imine (C=N–C) groups is 1. The van der Waals surface area contributed by atoms with Crippen molar-refractivity contribution in [3.8, 4) is 0 Å². The molecule has 0 aromatic heterocycles. The Kier molecular flexibility index (Phi) is 10.1. The highest BCUT2D eigenvalue weighted by Gasteiger charge is 2.06. The topological polar surface area (TPSA) is 70.6 Å². The van der Waals surface area contributed by atoms with Gasteiger partial charge in [-0.3, -0.25) is 4.99 Å². The first-order chi connectivity index (χ1) is 12.4. The van der Waals surface area contributed by atoms with Gasteiger partial charge in [-0.15, -0.1) is 24.0 Å². The maximum Gasteiger partial charge on any atom is 0.190 e. The van der Waals surface area contributed by atoms with E-state index in [1.54, 1.807) is 19.2 Å². The van der Waals surface area contributed by atoms with E-state index in [1.165, 1.54) is 11.8 Å². The zero-order valence-corrected chi connectivity index (χ0v) is 19.3. The smallest absolute Gasteiger partial charge is 0.190 e. The van der Waals surface area contributed by atoms with Gasteiger partial charge in [0.2, 0.25) is 0 Å². The van der Waals surface area contributed by atoms with Crippen LogP contribution in [0.15, 0.2) is 58.4 Å². The highest BCUT2D eigenvalue weighted by atomic mass is 127. The van der Waals surface area contributed by atoms with Crippen molar-refractivity contribution in [2.24, 2.45) is 4.99 Å². The van der Waals surface area contributed by atoms with E-state index in [1.807, 2.05) is 36.4 Å². The van der Waals surface area contributed by atoms with Crippen molar-refractivity contribution in [2.45, 2.75) is 17.7 Å². The van der Waals surface area contributed by atoms with Crippen molar-refractivity contribution in [3.05, 3.63) is 64.7 Å². The maximum atomic E-state index is 11.5. The van der Waals surface area contributed by atoms with Crippen molar-refractivity contribution >= 4 is 51.4 Å². The van der Waals surface area contributed by atoms with Crippen LogP contribution < -0.4 is 10.6 Å². The summed E-state index contributed by atoms with van der Waals surface area (Å²) in [6, 6.07) is 14.8. The van der Waals surface area contributed by atoms with Gasteiger partial charge in [0.25, 0.3) is 0 Å². The molecule has 0 aliphatic heterocycles. The lowest BCUT2D eigenvalue weighted by molar-refractivity contribution is 0.602. The van der Waals surface area contributed by atoms with E-state index in [4.69, 9.17) is 11.6 Å². The first-order valence-corrected chi connectivity index (χ1v) is 10.6. The molecule has 0 radical (unpaired) electrons. The fourth-order valence-electron chi connectivity index (χ4n) is 2.43. The average molecular weight is 522 g/mol. The summed E-state index contributed by atoms with van der Waals surface area (Å²) >= 11 is 5.88. The number of nitrogens with one attached hydrogen (secondary N) is 2. The van der Waals surface area contributed by atoms with Crippen LogP contribution in [0.25, 0.3) is 0 Å². The fourth-order valence-corrected chi connectivity index (χ4v) is 3.18. The van der Waals surface area contributed by atoms with Crippen molar-refractivity contribution in [3.63, 3.8) is 0 Å². The van der Waals surface area contributed by atoms with Crippen molar-refractivity contribution in [1.29, 1.82) is 0 Å². The minimum absolute atomic E-state index is 0. The van der Waals surface area contributed by atoms with Gasteiger partial charge >= 0.3 is 0 Å². The predicted molar refractivity (Wildman–Crippen MR) is 123 cm³/mol. The van der Waals surface area contributed by atoms with Crippen LogP contribution in [0.4, 0.5) is 0 Å². The molecule has 0 aliphatic carbocycles. The van der Waals surface area contributed by atoms with Crippen LogP contribution in [-0.2, 0) is 22.7 Å². The Hall–Kier alpha value is -1.32. The Balaban J connectivity index is 0.00000364. The zero-order chi connectivity index (χ0) is 19.0. The van der Waals surface area contributed by atoms with E-state index in [9.17, 15) is 8.42 Å². The minimum Gasteiger partial charge on any atom is -0.356 e. The molecule has 0 heterocycles. The first kappa shape index (κ1) is 23.7.